The van der Waals surface area contributed by atoms with Gasteiger partial charge >= 0.3 is 0 Å². The second-order valence-corrected chi connectivity index (χ2v) is 5.39. The van der Waals surface area contributed by atoms with Gasteiger partial charge in [-0.25, -0.2) is 0 Å². The molecule has 1 aliphatic rings. The number of hydrogen-bond acceptors (Lipinski definition) is 2. The van der Waals surface area contributed by atoms with Crippen LogP contribution in [0.3, 0.4) is 0 Å². The van der Waals surface area contributed by atoms with Crippen molar-refractivity contribution in [1.82, 2.24) is 4.90 Å². The molecular weight excluding hydrogens is 196 g/mol. The Hall–Kier alpha value is -0.0800. The van der Waals surface area contributed by atoms with Gasteiger partial charge in [0.05, 0.1) is 0 Å². The van der Waals surface area contributed by atoms with Gasteiger partial charge in [0.25, 0.3) is 0 Å². The van der Waals surface area contributed by atoms with Gasteiger partial charge in [-0.1, -0.05) is 40.0 Å². The van der Waals surface area contributed by atoms with E-state index in [1.54, 1.807) is 0 Å². The number of nitrogens with zero attached hydrogens (tertiary/aromatic N) is 1. The zero-order chi connectivity index (χ0) is 12.0. The molecule has 1 heterocycles. The molecule has 16 heavy (non-hydrogen) atoms. The number of rotatable bonds is 6. The smallest absolute Gasteiger partial charge is 0.00128 e. The van der Waals surface area contributed by atoms with Crippen LogP contribution < -0.4 is 5.73 Å². The first-order chi connectivity index (χ1) is 7.74. The minimum atomic E-state index is 0.781. The van der Waals surface area contributed by atoms with E-state index >= 15 is 0 Å². The number of piperidine rings is 1. The Balaban J connectivity index is 2.41. The molecule has 0 aliphatic carbocycles. The molecule has 96 valence electrons. The van der Waals surface area contributed by atoms with Gasteiger partial charge in [-0.3, -0.25) is 0 Å². The highest BCUT2D eigenvalue weighted by Crippen LogP contribution is 2.26. The van der Waals surface area contributed by atoms with Gasteiger partial charge in [0.15, 0.2) is 0 Å². The lowest BCUT2D eigenvalue weighted by molar-refractivity contribution is 0.103. The van der Waals surface area contributed by atoms with Crippen molar-refractivity contribution in [3.8, 4) is 0 Å². The molecular formula is C14H30N2. The molecule has 2 unspecified atom stereocenters. The summed E-state index contributed by atoms with van der Waals surface area (Å²) in [5.41, 5.74) is 5.85. The van der Waals surface area contributed by atoms with E-state index in [1.165, 1.54) is 45.3 Å². The van der Waals surface area contributed by atoms with Crippen LogP contribution >= 0.6 is 0 Å². The average molecular weight is 226 g/mol. The summed E-state index contributed by atoms with van der Waals surface area (Å²) >= 11 is 0. The van der Waals surface area contributed by atoms with E-state index in [-0.39, 0.29) is 0 Å². The molecule has 0 bridgehead atoms. The van der Waals surface area contributed by atoms with Crippen LogP contribution in [0.25, 0.3) is 0 Å². The highest BCUT2D eigenvalue weighted by molar-refractivity contribution is 4.81. The number of nitrogens with two attached hydrogens (primary N) is 1. The Labute approximate surface area is 102 Å². The maximum Gasteiger partial charge on any atom is 0.00128 e. The summed E-state index contributed by atoms with van der Waals surface area (Å²) in [6.45, 7) is 11.7. The van der Waals surface area contributed by atoms with E-state index in [2.05, 4.69) is 25.7 Å². The fourth-order valence-corrected chi connectivity index (χ4v) is 3.01. The molecule has 1 saturated heterocycles. The lowest BCUT2D eigenvalue weighted by Gasteiger charge is -2.39. The van der Waals surface area contributed by atoms with Gasteiger partial charge in [0.1, 0.15) is 0 Å². The Kier molecular flexibility index (Phi) is 6.37. The fourth-order valence-electron chi connectivity index (χ4n) is 3.01. The van der Waals surface area contributed by atoms with Crippen LogP contribution in [-0.4, -0.2) is 31.1 Å². The zero-order valence-corrected chi connectivity index (χ0v) is 11.4. The first-order valence-electron chi connectivity index (χ1n) is 7.17. The summed E-state index contributed by atoms with van der Waals surface area (Å²) in [6.07, 6.45) is 5.25. The minimum Gasteiger partial charge on any atom is -0.330 e. The maximum atomic E-state index is 5.85. The van der Waals surface area contributed by atoms with Crippen molar-refractivity contribution in [2.45, 2.75) is 46.5 Å². The van der Waals surface area contributed by atoms with Crippen LogP contribution in [0.1, 0.15) is 46.5 Å². The lowest BCUT2D eigenvalue weighted by atomic mass is 9.83. The molecule has 0 saturated carbocycles. The number of hydrogen-bond donors (Lipinski definition) is 1. The molecule has 0 aromatic rings. The SMILES string of the molecule is CCC(CC)CN1CCC(CN)C(CC)C1. The van der Waals surface area contributed by atoms with Crippen molar-refractivity contribution < 1.29 is 0 Å². The van der Waals surface area contributed by atoms with Crippen molar-refractivity contribution in [3.05, 3.63) is 0 Å². The first-order valence-corrected chi connectivity index (χ1v) is 7.17. The molecule has 2 nitrogen and oxygen atoms in total. The quantitative estimate of drug-likeness (QED) is 0.754. The van der Waals surface area contributed by atoms with Crippen LogP contribution in [0.2, 0.25) is 0 Å². The van der Waals surface area contributed by atoms with E-state index in [1.807, 2.05) is 0 Å². The van der Waals surface area contributed by atoms with Gasteiger partial charge in [0, 0.05) is 13.1 Å². The minimum absolute atomic E-state index is 0.781. The Morgan fingerprint density at radius 1 is 1.19 bits per heavy atom. The van der Waals surface area contributed by atoms with E-state index in [9.17, 15) is 0 Å². The van der Waals surface area contributed by atoms with E-state index in [0.717, 1.165) is 24.3 Å². The van der Waals surface area contributed by atoms with Crippen molar-refractivity contribution in [2.75, 3.05) is 26.2 Å². The van der Waals surface area contributed by atoms with Gasteiger partial charge in [-0.05, 0) is 37.3 Å². The molecule has 1 fully saturated rings. The summed E-state index contributed by atoms with van der Waals surface area (Å²) in [6, 6.07) is 0. The first kappa shape index (κ1) is 14.0. The standard InChI is InChI=1S/C14H30N2/c1-4-12(5-2)10-16-8-7-14(9-15)13(6-3)11-16/h12-14H,4-11,15H2,1-3H3. The van der Waals surface area contributed by atoms with Gasteiger partial charge in [-0.2, -0.15) is 0 Å². The van der Waals surface area contributed by atoms with E-state index in [0.29, 0.717) is 0 Å². The maximum absolute atomic E-state index is 5.85. The van der Waals surface area contributed by atoms with Crippen molar-refractivity contribution in [3.63, 3.8) is 0 Å². The highest BCUT2D eigenvalue weighted by Gasteiger charge is 2.27. The molecule has 0 aromatic heterocycles. The topological polar surface area (TPSA) is 29.3 Å². The highest BCUT2D eigenvalue weighted by atomic mass is 15.1. The van der Waals surface area contributed by atoms with E-state index in [4.69, 9.17) is 5.73 Å². The van der Waals surface area contributed by atoms with Crippen molar-refractivity contribution in [2.24, 2.45) is 23.5 Å². The summed E-state index contributed by atoms with van der Waals surface area (Å²) < 4.78 is 0. The Morgan fingerprint density at radius 3 is 2.38 bits per heavy atom. The summed E-state index contributed by atoms with van der Waals surface area (Å²) in [5, 5.41) is 0. The largest absolute Gasteiger partial charge is 0.330 e. The molecule has 0 amide bonds. The van der Waals surface area contributed by atoms with Gasteiger partial charge in [0.2, 0.25) is 0 Å². The summed E-state index contributed by atoms with van der Waals surface area (Å²) in [5.74, 6) is 2.52. The summed E-state index contributed by atoms with van der Waals surface area (Å²) in [7, 11) is 0. The monoisotopic (exact) mass is 226 g/mol. The molecule has 2 atom stereocenters. The van der Waals surface area contributed by atoms with Crippen LogP contribution in [0.15, 0.2) is 0 Å². The predicted molar refractivity (Wildman–Crippen MR) is 71.5 cm³/mol. The van der Waals surface area contributed by atoms with Crippen LogP contribution in [0.4, 0.5) is 0 Å². The second-order valence-electron chi connectivity index (χ2n) is 5.39. The van der Waals surface area contributed by atoms with Crippen LogP contribution in [0.5, 0.6) is 0 Å². The third-order valence-electron chi connectivity index (χ3n) is 4.47. The van der Waals surface area contributed by atoms with Crippen molar-refractivity contribution >= 4 is 0 Å². The third kappa shape index (κ3) is 3.74. The fraction of sp³-hybridized carbons (Fsp3) is 1.00. The summed E-state index contributed by atoms with van der Waals surface area (Å²) in [4.78, 5) is 2.68. The Morgan fingerprint density at radius 2 is 1.88 bits per heavy atom. The molecule has 0 aromatic carbocycles. The molecule has 0 spiro atoms. The Bertz CT molecular complexity index is 178. The lowest BCUT2D eigenvalue weighted by Crippen LogP contribution is -2.44. The van der Waals surface area contributed by atoms with Crippen LogP contribution in [-0.2, 0) is 0 Å². The normalized spacial score (nSPS) is 27.6. The second kappa shape index (κ2) is 7.29. The molecule has 2 N–H and O–H groups in total. The molecule has 2 heteroatoms. The average Bonchev–Trinajstić information content (AvgIpc) is 2.35. The van der Waals surface area contributed by atoms with Crippen molar-refractivity contribution in [1.29, 1.82) is 0 Å². The molecule has 1 rings (SSSR count). The van der Waals surface area contributed by atoms with Gasteiger partial charge in [-0.15, -0.1) is 0 Å². The third-order valence-corrected chi connectivity index (χ3v) is 4.47. The van der Waals surface area contributed by atoms with E-state index < -0.39 is 0 Å². The number of likely N-dealkylation sites (tertiary alicyclic amines) is 1. The van der Waals surface area contributed by atoms with Crippen LogP contribution in [0, 0.1) is 17.8 Å². The predicted octanol–water partition coefficient (Wildman–Crippen LogP) is 2.73. The van der Waals surface area contributed by atoms with Gasteiger partial charge < -0.3 is 10.6 Å². The zero-order valence-electron chi connectivity index (χ0n) is 11.4. The molecule has 0 radical (unpaired) electrons. The molecule has 1 aliphatic heterocycles.